The summed E-state index contributed by atoms with van der Waals surface area (Å²) in [6, 6.07) is 15.8. The van der Waals surface area contributed by atoms with Crippen molar-refractivity contribution >= 4 is 22.9 Å². The maximum Gasteiger partial charge on any atom is 0.407 e. The zero-order chi connectivity index (χ0) is 27.7. The van der Waals surface area contributed by atoms with E-state index in [0.29, 0.717) is 12.0 Å². The summed E-state index contributed by atoms with van der Waals surface area (Å²) >= 11 is 0. The van der Waals surface area contributed by atoms with Crippen molar-refractivity contribution in [2.24, 2.45) is 12.5 Å². The third kappa shape index (κ3) is 5.09. The number of carbonyl (C=O) groups excluding carboxylic acids is 1. The van der Waals surface area contributed by atoms with E-state index in [-0.39, 0.29) is 31.7 Å². The largest absolute Gasteiger partial charge is 0.465 e. The van der Waals surface area contributed by atoms with Crippen LogP contribution in [0.2, 0.25) is 0 Å². The summed E-state index contributed by atoms with van der Waals surface area (Å²) in [6.07, 6.45) is -0.735. The van der Waals surface area contributed by atoms with Crippen LogP contribution in [-0.4, -0.2) is 57.9 Å². The van der Waals surface area contributed by atoms with Gasteiger partial charge in [0.05, 0.1) is 12.6 Å². The molecule has 0 radical (unpaired) electrons. The predicted octanol–water partition coefficient (Wildman–Crippen LogP) is 4.72. The molecule has 2 heterocycles. The van der Waals surface area contributed by atoms with Crippen LogP contribution in [0.4, 0.5) is 9.18 Å². The Bertz CT molecular complexity index is 1400. The number of para-hydroxylation sites is 1. The minimum Gasteiger partial charge on any atom is -0.465 e. The maximum atomic E-state index is 15.2. The van der Waals surface area contributed by atoms with Crippen LogP contribution < -0.4 is 5.32 Å². The van der Waals surface area contributed by atoms with E-state index in [9.17, 15) is 20.0 Å². The highest BCUT2D eigenvalue weighted by Crippen LogP contribution is 2.37. The summed E-state index contributed by atoms with van der Waals surface area (Å²) in [5, 5.41) is 23.2. The van der Waals surface area contributed by atoms with E-state index in [1.54, 1.807) is 32.9 Å². The summed E-state index contributed by atoms with van der Waals surface area (Å²) in [5.41, 5.74) is 0.610. The first-order valence-electron chi connectivity index (χ1n) is 12.6. The van der Waals surface area contributed by atoms with E-state index in [1.807, 2.05) is 41.9 Å². The highest BCUT2D eigenvalue weighted by molar-refractivity contribution is 5.88. The van der Waals surface area contributed by atoms with Gasteiger partial charge >= 0.3 is 6.09 Å². The van der Waals surface area contributed by atoms with Gasteiger partial charge in [-0.2, -0.15) is 5.26 Å². The molecule has 1 aliphatic rings. The van der Waals surface area contributed by atoms with Gasteiger partial charge in [-0.05, 0) is 30.2 Å². The third-order valence-corrected chi connectivity index (χ3v) is 7.37. The quantitative estimate of drug-likeness (QED) is 0.506. The minimum absolute atomic E-state index is 0.0493. The number of halogens is 1. The Morgan fingerprint density at radius 3 is 2.61 bits per heavy atom. The topological polar surface area (TPSA) is 108 Å². The number of aryl methyl sites for hydroxylation is 1. The van der Waals surface area contributed by atoms with Crippen LogP contribution in [0.15, 0.2) is 48.5 Å². The molecular weight excluding hydrogens is 487 g/mol. The molecule has 0 bridgehead atoms. The number of nitrogens with zero attached hydrogens (tertiary/aromatic N) is 3. The van der Waals surface area contributed by atoms with Crippen molar-refractivity contribution in [2.45, 2.75) is 45.3 Å². The Hall–Kier alpha value is -3.90. The van der Waals surface area contributed by atoms with Gasteiger partial charge in [-0.3, -0.25) is 4.79 Å². The van der Waals surface area contributed by atoms with E-state index in [1.165, 1.54) is 11.0 Å². The minimum atomic E-state index is -1.51. The normalized spacial score (nSPS) is 19.0. The Labute approximate surface area is 221 Å². The van der Waals surface area contributed by atoms with E-state index in [4.69, 9.17) is 4.74 Å². The first kappa shape index (κ1) is 27.1. The summed E-state index contributed by atoms with van der Waals surface area (Å²) in [5.74, 6) is -1.06. The number of rotatable bonds is 5. The fraction of sp³-hybridized carbons (Fsp3) is 0.414. The number of carbonyl (C=O) groups is 2. The monoisotopic (exact) mass is 520 g/mol. The van der Waals surface area contributed by atoms with E-state index in [0.717, 1.165) is 16.6 Å². The van der Waals surface area contributed by atoms with E-state index >= 15 is 4.39 Å². The lowest BCUT2D eigenvalue weighted by Gasteiger charge is -2.43. The number of aromatic nitrogens is 1. The molecular formula is C29H33FN4O4. The van der Waals surface area contributed by atoms with Gasteiger partial charge in [0.1, 0.15) is 11.9 Å². The van der Waals surface area contributed by atoms with Crippen LogP contribution >= 0.6 is 0 Å². The van der Waals surface area contributed by atoms with Crippen LogP contribution in [0.25, 0.3) is 22.2 Å². The summed E-state index contributed by atoms with van der Waals surface area (Å²) in [6.45, 7) is 5.68. The fourth-order valence-electron chi connectivity index (χ4n) is 5.05. The van der Waals surface area contributed by atoms with Gasteiger partial charge in [-0.25, -0.2) is 9.18 Å². The molecule has 1 saturated heterocycles. The predicted molar refractivity (Wildman–Crippen MR) is 142 cm³/mol. The Morgan fingerprint density at radius 2 is 1.97 bits per heavy atom. The molecule has 1 fully saturated rings. The lowest BCUT2D eigenvalue weighted by Crippen LogP contribution is -2.63. The molecule has 2 N–H and O–H groups in total. The standard InChI is InChI=1S/C29H33FN4O4/c1-28(2,3)29(18-34(27(36)37)12-7-13-38-29)26(35)32-22(17-31)14-19-10-11-21(15-23(19)30)25-16-20-8-5-6-9-24(20)33(25)4/h5-6,8-11,15-16,22H,7,12-14,18H2,1-4H3,(H,32,35)(H,36,37)/t22-,29?/m0/s1. The van der Waals surface area contributed by atoms with E-state index < -0.39 is 34.9 Å². The summed E-state index contributed by atoms with van der Waals surface area (Å²) < 4.78 is 23.3. The molecule has 9 heteroatoms. The van der Waals surface area contributed by atoms with Gasteiger partial charge in [0.15, 0.2) is 5.60 Å². The number of hydrogen-bond donors (Lipinski definition) is 2. The van der Waals surface area contributed by atoms with Gasteiger partial charge in [0, 0.05) is 54.2 Å². The first-order chi connectivity index (χ1) is 18.0. The molecule has 2 aromatic carbocycles. The molecule has 200 valence electrons. The van der Waals surface area contributed by atoms with Crippen molar-refractivity contribution in [3.8, 4) is 17.3 Å². The molecule has 0 spiro atoms. The number of ether oxygens (including phenoxy) is 1. The molecule has 4 rings (SSSR count). The Morgan fingerprint density at radius 1 is 1.24 bits per heavy atom. The van der Waals surface area contributed by atoms with Gasteiger partial charge in [-0.1, -0.05) is 51.1 Å². The number of nitrogens with one attached hydrogen (secondary N) is 1. The molecule has 1 aliphatic heterocycles. The number of nitriles is 1. The zero-order valence-electron chi connectivity index (χ0n) is 22.1. The van der Waals surface area contributed by atoms with E-state index in [2.05, 4.69) is 11.4 Å². The summed E-state index contributed by atoms with van der Waals surface area (Å²) in [4.78, 5) is 26.5. The first-order valence-corrected chi connectivity index (χ1v) is 12.6. The summed E-state index contributed by atoms with van der Waals surface area (Å²) in [7, 11) is 1.93. The van der Waals surface area contributed by atoms with Crippen molar-refractivity contribution in [3.63, 3.8) is 0 Å². The van der Waals surface area contributed by atoms with Gasteiger partial charge in [-0.15, -0.1) is 0 Å². The SMILES string of the molecule is Cn1c(-c2ccc(C[C@@H](C#N)NC(=O)C3(C(C)(C)C)CN(C(=O)O)CCCO3)c(F)c2)cc2ccccc21. The third-order valence-electron chi connectivity index (χ3n) is 7.37. The van der Waals surface area contributed by atoms with Crippen molar-refractivity contribution in [3.05, 3.63) is 59.9 Å². The second kappa shape index (κ2) is 10.5. The second-order valence-corrected chi connectivity index (χ2v) is 10.8. The molecule has 38 heavy (non-hydrogen) atoms. The van der Waals surface area contributed by atoms with Crippen LogP contribution in [-0.2, 0) is 23.0 Å². The average Bonchev–Trinajstić information content (AvgIpc) is 3.04. The van der Waals surface area contributed by atoms with Crippen molar-refractivity contribution in [1.29, 1.82) is 5.26 Å². The van der Waals surface area contributed by atoms with Crippen LogP contribution in [0.5, 0.6) is 0 Å². The molecule has 1 unspecified atom stereocenters. The number of hydrogen-bond acceptors (Lipinski definition) is 4. The molecule has 8 nitrogen and oxygen atoms in total. The van der Waals surface area contributed by atoms with Crippen molar-refractivity contribution in [2.75, 3.05) is 19.7 Å². The number of carboxylic acid groups (broad SMARTS) is 1. The fourth-order valence-corrected chi connectivity index (χ4v) is 5.05. The smallest absolute Gasteiger partial charge is 0.407 e. The highest BCUT2D eigenvalue weighted by atomic mass is 19.1. The van der Waals surface area contributed by atoms with Crippen LogP contribution in [0.1, 0.15) is 32.8 Å². The molecule has 0 saturated carbocycles. The average molecular weight is 521 g/mol. The molecule has 2 atom stereocenters. The van der Waals surface area contributed by atoms with Gasteiger partial charge < -0.3 is 24.6 Å². The lowest BCUT2D eigenvalue weighted by molar-refractivity contribution is -0.165. The van der Waals surface area contributed by atoms with Crippen molar-refractivity contribution < 1.29 is 23.8 Å². The Kier molecular flexibility index (Phi) is 7.47. The number of amides is 2. The highest BCUT2D eigenvalue weighted by Gasteiger charge is 2.53. The maximum absolute atomic E-state index is 15.2. The lowest BCUT2D eigenvalue weighted by atomic mass is 9.75. The Balaban J connectivity index is 1.56. The molecule has 1 aromatic heterocycles. The molecule has 3 aromatic rings. The number of fused-ring (bicyclic) bond motifs is 1. The second-order valence-electron chi connectivity index (χ2n) is 10.8. The van der Waals surface area contributed by atoms with Crippen LogP contribution in [0, 0.1) is 22.6 Å². The van der Waals surface area contributed by atoms with Gasteiger partial charge in [0.2, 0.25) is 0 Å². The molecule has 0 aliphatic carbocycles. The van der Waals surface area contributed by atoms with Crippen molar-refractivity contribution in [1.82, 2.24) is 14.8 Å². The zero-order valence-corrected chi connectivity index (χ0v) is 22.1. The van der Waals surface area contributed by atoms with Crippen LogP contribution in [0.3, 0.4) is 0 Å². The number of benzene rings is 2. The molecule has 2 amide bonds. The van der Waals surface area contributed by atoms with Gasteiger partial charge in [0.25, 0.3) is 5.91 Å².